The highest BCUT2D eigenvalue weighted by atomic mass is 32.2. The Labute approximate surface area is 160 Å². The van der Waals surface area contributed by atoms with Gasteiger partial charge in [-0.05, 0) is 62.6 Å². The molecule has 0 saturated carbocycles. The van der Waals surface area contributed by atoms with E-state index in [1.165, 1.54) is 10.4 Å². The number of hydrogen-bond donors (Lipinski definition) is 1. The molecule has 1 aliphatic rings. The molecule has 2 aromatic carbocycles. The van der Waals surface area contributed by atoms with Crippen LogP contribution >= 0.6 is 0 Å². The summed E-state index contributed by atoms with van der Waals surface area (Å²) >= 11 is 0. The van der Waals surface area contributed by atoms with Crippen LogP contribution < -0.4 is 10.1 Å². The Bertz CT molecular complexity index is 935. The third kappa shape index (κ3) is 4.31. The van der Waals surface area contributed by atoms with Gasteiger partial charge in [-0.2, -0.15) is 4.31 Å². The smallest absolute Gasteiger partial charge is 0.255 e. The van der Waals surface area contributed by atoms with Crippen molar-refractivity contribution in [1.82, 2.24) is 4.31 Å². The van der Waals surface area contributed by atoms with Crippen molar-refractivity contribution in [3.8, 4) is 5.75 Å². The Balaban J connectivity index is 1.94. The first-order chi connectivity index (χ1) is 12.9. The zero-order valence-electron chi connectivity index (χ0n) is 15.6. The standard InChI is InChI=1S/C20H24N2O4S/c1-3-26-18-10-9-16(20(23)21-17-8-6-7-15(2)13-17)14-19(18)27(24,25)22-11-4-5-12-22/h6-10,13-14H,3-5,11-12H2,1-2H3,(H,21,23). The number of nitrogens with one attached hydrogen (secondary N) is 1. The third-order valence-electron chi connectivity index (χ3n) is 4.46. The molecule has 0 aliphatic carbocycles. The SMILES string of the molecule is CCOc1ccc(C(=O)Nc2cccc(C)c2)cc1S(=O)(=O)N1CCCC1. The quantitative estimate of drug-likeness (QED) is 0.823. The number of rotatable bonds is 6. The van der Waals surface area contributed by atoms with Crippen molar-refractivity contribution >= 4 is 21.6 Å². The molecule has 0 bridgehead atoms. The lowest BCUT2D eigenvalue weighted by Crippen LogP contribution is -2.28. The van der Waals surface area contributed by atoms with Crippen molar-refractivity contribution in [3.63, 3.8) is 0 Å². The number of sulfonamides is 1. The van der Waals surface area contributed by atoms with Gasteiger partial charge in [-0.15, -0.1) is 0 Å². The van der Waals surface area contributed by atoms with Gasteiger partial charge in [-0.25, -0.2) is 8.42 Å². The van der Waals surface area contributed by atoms with E-state index in [-0.39, 0.29) is 22.1 Å². The molecular formula is C20H24N2O4S. The van der Waals surface area contributed by atoms with Gasteiger partial charge < -0.3 is 10.1 Å². The van der Waals surface area contributed by atoms with E-state index < -0.39 is 10.0 Å². The molecule has 1 N–H and O–H groups in total. The van der Waals surface area contributed by atoms with Crippen LogP contribution in [0, 0.1) is 6.92 Å². The molecule has 7 heteroatoms. The largest absolute Gasteiger partial charge is 0.492 e. The van der Waals surface area contributed by atoms with Crippen LogP contribution in [0.25, 0.3) is 0 Å². The van der Waals surface area contributed by atoms with Gasteiger partial charge in [0.15, 0.2) is 0 Å². The Kier molecular flexibility index (Phi) is 5.82. The van der Waals surface area contributed by atoms with E-state index >= 15 is 0 Å². The van der Waals surface area contributed by atoms with Crippen molar-refractivity contribution in [1.29, 1.82) is 0 Å². The molecule has 1 amide bonds. The second-order valence-electron chi connectivity index (χ2n) is 6.53. The fourth-order valence-electron chi connectivity index (χ4n) is 3.12. The molecule has 1 aliphatic heterocycles. The molecule has 1 heterocycles. The summed E-state index contributed by atoms with van der Waals surface area (Å²) in [6, 6.07) is 12.0. The topological polar surface area (TPSA) is 75.7 Å². The average Bonchev–Trinajstić information content (AvgIpc) is 3.17. The molecule has 1 fully saturated rings. The monoisotopic (exact) mass is 388 g/mol. The Morgan fingerprint density at radius 3 is 2.56 bits per heavy atom. The Hall–Kier alpha value is -2.38. The molecule has 6 nitrogen and oxygen atoms in total. The van der Waals surface area contributed by atoms with E-state index in [0.29, 0.717) is 25.4 Å². The number of aryl methyl sites for hydroxylation is 1. The van der Waals surface area contributed by atoms with Crippen molar-refractivity contribution in [2.75, 3.05) is 25.0 Å². The van der Waals surface area contributed by atoms with Crippen LogP contribution in [0.3, 0.4) is 0 Å². The minimum Gasteiger partial charge on any atom is -0.492 e. The van der Waals surface area contributed by atoms with Crippen LogP contribution in [0.5, 0.6) is 5.75 Å². The number of benzene rings is 2. The summed E-state index contributed by atoms with van der Waals surface area (Å²) in [5.41, 5.74) is 1.97. The van der Waals surface area contributed by atoms with E-state index in [1.807, 2.05) is 25.1 Å². The van der Waals surface area contributed by atoms with Crippen LogP contribution in [-0.4, -0.2) is 38.3 Å². The normalized spacial score (nSPS) is 14.9. The summed E-state index contributed by atoms with van der Waals surface area (Å²) < 4.78 is 33.0. The predicted molar refractivity (Wildman–Crippen MR) is 105 cm³/mol. The van der Waals surface area contributed by atoms with Gasteiger partial charge in [0, 0.05) is 24.3 Å². The molecule has 1 saturated heterocycles. The number of hydrogen-bond acceptors (Lipinski definition) is 4. The number of amides is 1. The molecular weight excluding hydrogens is 364 g/mol. The lowest BCUT2D eigenvalue weighted by molar-refractivity contribution is 0.102. The first-order valence-electron chi connectivity index (χ1n) is 9.07. The molecule has 144 valence electrons. The molecule has 0 atom stereocenters. The van der Waals surface area contributed by atoms with Gasteiger partial charge in [0.2, 0.25) is 10.0 Å². The molecule has 2 aromatic rings. The van der Waals surface area contributed by atoms with Crippen LogP contribution in [0.4, 0.5) is 5.69 Å². The zero-order valence-corrected chi connectivity index (χ0v) is 16.4. The number of carbonyl (C=O) groups excluding carboxylic acids is 1. The van der Waals surface area contributed by atoms with Crippen molar-refractivity contribution in [2.24, 2.45) is 0 Å². The van der Waals surface area contributed by atoms with Crippen molar-refractivity contribution < 1.29 is 17.9 Å². The van der Waals surface area contributed by atoms with E-state index in [1.54, 1.807) is 25.1 Å². The summed E-state index contributed by atoms with van der Waals surface area (Å²) in [5.74, 6) is -0.0852. The van der Waals surface area contributed by atoms with E-state index in [0.717, 1.165) is 18.4 Å². The lowest BCUT2D eigenvalue weighted by Gasteiger charge is -2.19. The summed E-state index contributed by atoms with van der Waals surface area (Å²) in [6.07, 6.45) is 1.69. The Morgan fingerprint density at radius 1 is 1.15 bits per heavy atom. The number of anilines is 1. The minimum atomic E-state index is -3.70. The lowest BCUT2D eigenvalue weighted by atomic mass is 10.2. The van der Waals surface area contributed by atoms with Gasteiger partial charge in [-0.3, -0.25) is 4.79 Å². The highest BCUT2D eigenvalue weighted by molar-refractivity contribution is 7.89. The number of carbonyl (C=O) groups is 1. The van der Waals surface area contributed by atoms with Gasteiger partial charge in [-0.1, -0.05) is 12.1 Å². The fourth-order valence-corrected chi connectivity index (χ4v) is 4.79. The van der Waals surface area contributed by atoms with E-state index in [4.69, 9.17) is 4.74 Å². The highest BCUT2D eigenvalue weighted by Gasteiger charge is 2.30. The fraction of sp³-hybridized carbons (Fsp3) is 0.350. The summed E-state index contributed by atoms with van der Waals surface area (Å²) in [4.78, 5) is 12.7. The first-order valence-corrected chi connectivity index (χ1v) is 10.5. The van der Waals surface area contributed by atoms with E-state index in [2.05, 4.69) is 5.32 Å². The van der Waals surface area contributed by atoms with Crippen LogP contribution in [0.1, 0.15) is 35.7 Å². The number of nitrogens with zero attached hydrogens (tertiary/aromatic N) is 1. The van der Waals surface area contributed by atoms with Gasteiger partial charge in [0.05, 0.1) is 6.61 Å². The van der Waals surface area contributed by atoms with Gasteiger partial charge in [0.1, 0.15) is 10.6 Å². The molecule has 3 rings (SSSR count). The summed E-state index contributed by atoms with van der Waals surface area (Å²) in [5, 5.41) is 2.81. The zero-order chi connectivity index (χ0) is 19.4. The maximum Gasteiger partial charge on any atom is 0.255 e. The van der Waals surface area contributed by atoms with Crippen LogP contribution in [-0.2, 0) is 10.0 Å². The molecule has 27 heavy (non-hydrogen) atoms. The van der Waals surface area contributed by atoms with Crippen molar-refractivity contribution in [3.05, 3.63) is 53.6 Å². The van der Waals surface area contributed by atoms with Gasteiger partial charge >= 0.3 is 0 Å². The number of ether oxygens (including phenoxy) is 1. The summed E-state index contributed by atoms with van der Waals surface area (Å²) in [7, 11) is -3.70. The highest BCUT2D eigenvalue weighted by Crippen LogP contribution is 2.30. The third-order valence-corrected chi connectivity index (χ3v) is 6.38. The average molecular weight is 388 g/mol. The molecule has 0 unspecified atom stereocenters. The van der Waals surface area contributed by atoms with Crippen molar-refractivity contribution in [2.45, 2.75) is 31.6 Å². The molecule has 0 aromatic heterocycles. The summed E-state index contributed by atoms with van der Waals surface area (Å²) in [6.45, 7) is 5.07. The second-order valence-corrected chi connectivity index (χ2v) is 8.44. The van der Waals surface area contributed by atoms with Crippen LogP contribution in [0.15, 0.2) is 47.4 Å². The minimum absolute atomic E-state index is 0.0446. The molecule has 0 spiro atoms. The predicted octanol–water partition coefficient (Wildman–Crippen LogP) is 3.43. The maximum atomic E-state index is 13.0. The Morgan fingerprint density at radius 2 is 1.89 bits per heavy atom. The molecule has 0 radical (unpaired) electrons. The second kappa shape index (κ2) is 8.10. The van der Waals surface area contributed by atoms with E-state index in [9.17, 15) is 13.2 Å². The maximum absolute atomic E-state index is 13.0. The van der Waals surface area contributed by atoms with Gasteiger partial charge in [0.25, 0.3) is 5.91 Å². The first kappa shape index (κ1) is 19.4. The van der Waals surface area contributed by atoms with Crippen LogP contribution in [0.2, 0.25) is 0 Å².